The maximum Gasteiger partial charge on any atom is 0.410 e. The summed E-state index contributed by atoms with van der Waals surface area (Å²) in [7, 11) is 1.22. The van der Waals surface area contributed by atoms with Crippen molar-refractivity contribution in [1.29, 1.82) is 0 Å². The molecular weight excluding hydrogens is 238 g/mol. The third-order valence-corrected chi connectivity index (χ3v) is 2.56. The van der Waals surface area contributed by atoms with Crippen LogP contribution in [-0.2, 0) is 19.1 Å². The predicted molar refractivity (Wildman–Crippen MR) is 62.9 cm³/mol. The molecule has 1 aliphatic rings. The minimum atomic E-state index is -0.892. The van der Waals surface area contributed by atoms with Crippen LogP contribution in [0.3, 0.4) is 0 Å². The Morgan fingerprint density at radius 3 is 2.44 bits per heavy atom. The van der Waals surface area contributed by atoms with E-state index in [0.29, 0.717) is 0 Å². The van der Waals surface area contributed by atoms with E-state index in [9.17, 15) is 14.4 Å². The molecule has 1 aliphatic heterocycles. The lowest BCUT2D eigenvalue weighted by atomic mass is 9.97. The lowest BCUT2D eigenvalue weighted by molar-refractivity contribution is -0.151. The second-order valence-electron chi connectivity index (χ2n) is 5.22. The van der Waals surface area contributed by atoms with Gasteiger partial charge in [-0.2, -0.15) is 0 Å². The number of nitrogens with zero attached hydrogens (tertiary/aromatic N) is 1. The van der Waals surface area contributed by atoms with Gasteiger partial charge in [0.05, 0.1) is 7.11 Å². The zero-order chi connectivity index (χ0) is 13.9. The molecule has 0 aromatic heterocycles. The third kappa shape index (κ3) is 3.72. The maximum atomic E-state index is 11.8. The number of Topliss-reactive ketones (excluding diaryl/α,β-unsaturated/α-hetero) is 1. The Morgan fingerprint density at radius 2 is 1.94 bits per heavy atom. The van der Waals surface area contributed by atoms with E-state index >= 15 is 0 Å². The first kappa shape index (κ1) is 14.5. The van der Waals surface area contributed by atoms with Crippen LogP contribution < -0.4 is 0 Å². The fourth-order valence-electron chi connectivity index (χ4n) is 1.67. The lowest BCUT2D eigenvalue weighted by Crippen LogP contribution is -2.48. The predicted octanol–water partition coefficient (Wildman–Crippen LogP) is 0.985. The minimum absolute atomic E-state index is 0.0282. The molecule has 0 spiro atoms. The van der Waals surface area contributed by atoms with Gasteiger partial charge < -0.3 is 14.4 Å². The van der Waals surface area contributed by atoms with Crippen LogP contribution in [0.5, 0.6) is 0 Å². The van der Waals surface area contributed by atoms with Crippen LogP contribution in [-0.4, -0.2) is 48.5 Å². The number of hydrogen-bond donors (Lipinski definition) is 0. The Balaban J connectivity index is 2.67. The number of esters is 1. The highest BCUT2D eigenvalue weighted by atomic mass is 16.6. The smallest absolute Gasteiger partial charge is 0.410 e. The van der Waals surface area contributed by atoms with Crippen LogP contribution in [0.1, 0.15) is 27.2 Å². The number of carbonyl (C=O) groups is 3. The summed E-state index contributed by atoms with van der Waals surface area (Å²) >= 11 is 0. The number of likely N-dealkylation sites (tertiary alicyclic amines) is 1. The van der Waals surface area contributed by atoms with Crippen molar-refractivity contribution in [3.8, 4) is 0 Å². The van der Waals surface area contributed by atoms with Crippen molar-refractivity contribution in [3.63, 3.8) is 0 Å². The summed E-state index contributed by atoms with van der Waals surface area (Å²) in [5.41, 5.74) is -0.598. The summed E-state index contributed by atoms with van der Waals surface area (Å²) in [4.78, 5) is 36.2. The molecule has 0 bridgehead atoms. The molecule has 1 fully saturated rings. The lowest BCUT2D eigenvalue weighted by Gasteiger charge is -2.32. The Morgan fingerprint density at radius 1 is 1.33 bits per heavy atom. The van der Waals surface area contributed by atoms with Crippen molar-refractivity contribution in [3.05, 3.63) is 0 Å². The summed E-state index contributed by atoms with van der Waals surface area (Å²) in [6.07, 6.45) is -0.358. The van der Waals surface area contributed by atoms with Gasteiger partial charge in [-0.05, 0) is 20.8 Å². The van der Waals surface area contributed by atoms with Crippen LogP contribution >= 0.6 is 0 Å². The molecule has 1 saturated heterocycles. The number of rotatable bonds is 1. The summed E-state index contributed by atoms with van der Waals surface area (Å²) in [5, 5.41) is 0. The third-order valence-electron chi connectivity index (χ3n) is 2.56. The van der Waals surface area contributed by atoms with E-state index < -0.39 is 23.6 Å². The molecule has 1 atom stereocenters. The Hall–Kier alpha value is -1.59. The van der Waals surface area contributed by atoms with Gasteiger partial charge in [-0.3, -0.25) is 9.59 Å². The molecule has 102 valence electrons. The van der Waals surface area contributed by atoms with Crippen molar-refractivity contribution in [1.82, 2.24) is 4.90 Å². The molecule has 1 amide bonds. The second kappa shape index (κ2) is 5.37. The largest absolute Gasteiger partial charge is 0.468 e. The number of hydrogen-bond acceptors (Lipinski definition) is 5. The van der Waals surface area contributed by atoms with Gasteiger partial charge in [-0.15, -0.1) is 0 Å². The number of piperidine rings is 1. The highest BCUT2D eigenvalue weighted by Gasteiger charge is 2.36. The zero-order valence-corrected chi connectivity index (χ0v) is 11.2. The highest BCUT2D eigenvalue weighted by Crippen LogP contribution is 2.17. The van der Waals surface area contributed by atoms with E-state index in [4.69, 9.17) is 4.74 Å². The number of ether oxygens (including phenoxy) is 2. The van der Waals surface area contributed by atoms with Gasteiger partial charge in [0.15, 0.2) is 5.78 Å². The topological polar surface area (TPSA) is 72.9 Å². The fourth-order valence-corrected chi connectivity index (χ4v) is 1.67. The number of carbonyl (C=O) groups excluding carboxylic acids is 3. The summed E-state index contributed by atoms with van der Waals surface area (Å²) in [6.45, 7) is 5.59. The number of ketones is 1. The van der Waals surface area contributed by atoms with Gasteiger partial charge in [-0.1, -0.05) is 0 Å². The van der Waals surface area contributed by atoms with Crippen molar-refractivity contribution in [2.24, 2.45) is 5.92 Å². The van der Waals surface area contributed by atoms with Gasteiger partial charge >= 0.3 is 12.1 Å². The average Bonchev–Trinajstić information content (AvgIpc) is 2.26. The molecule has 0 radical (unpaired) electrons. The number of amides is 1. The molecule has 0 aromatic rings. The van der Waals surface area contributed by atoms with Gasteiger partial charge in [0.25, 0.3) is 0 Å². The molecule has 0 N–H and O–H groups in total. The summed E-state index contributed by atoms with van der Waals surface area (Å²) in [6, 6.07) is 0. The zero-order valence-electron chi connectivity index (χ0n) is 11.2. The number of methoxy groups -OCH3 is 1. The molecule has 0 unspecified atom stereocenters. The van der Waals surface area contributed by atoms with Gasteiger partial charge in [0.2, 0.25) is 0 Å². The Bertz CT molecular complexity index is 350. The molecule has 0 aliphatic carbocycles. The monoisotopic (exact) mass is 257 g/mol. The van der Waals surface area contributed by atoms with E-state index in [1.807, 2.05) is 0 Å². The van der Waals surface area contributed by atoms with Crippen LogP contribution in [0.25, 0.3) is 0 Å². The van der Waals surface area contributed by atoms with Crippen molar-refractivity contribution in [2.75, 3.05) is 20.2 Å². The molecule has 0 saturated carbocycles. The SMILES string of the molecule is COC(=O)[C@@H]1CN(C(=O)OC(C)(C)C)CCC1=O. The summed E-state index contributed by atoms with van der Waals surface area (Å²) in [5.74, 6) is -1.69. The minimum Gasteiger partial charge on any atom is -0.468 e. The highest BCUT2D eigenvalue weighted by molar-refractivity contribution is 6.00. The first-order valence-electron chi connectivity index (χ1n) is 5.83. The quantitative estimate of drug-likeness (QED) is 0.517. The van der Waals surface area contributed by atoms with E-state index in [2.05, 4.69) is 4.74 Å². The molecule has 1 heterocycles. The van der Waals surface area contributed by atoms with Crippen molar-refractivity contribution < 1.29 is 23.9 Å². The standard InChI is InChI=1S/C12H19NO5/c1-12(2,3)18-11(16)13-6-5-9(14)8(7-13)10(15)17-4/h8H,5-7H2,1-4H3/t8-/m1/s1. The average molecular weight is 257 g/mol. The van der Waals surface area contributed by atoms with Gasteiger partial charge in [-0.25, -0.2) is 4.79 Å². The first-order valence-corrected chi connectivity index (χ1v) is 5.83. The molecule has 6 nitrogen and oxygen atoms in total. The van der Waals surface area contributed by atoms with Crippen LogP contribution in [0.4, 0.5) is 4.79 Å². The van der Waals surface area contributed by atoms with Crippen LogP contribution in [0.2, 0.25) is 0 Å². The molecule has 0 aromatic carbocycles. The van der Waals surface area contributed by atoms with E-state index in [-0.39, 0.29) is 25.3 Å². The normalized spacial score (nSPS) is 20.6. The van der Waals surface area contributed by atoms with Crippen LogP contribution in [0, 0.1) is 5.92 Å². The van der Waals surface area contributed by atoms with Gasteiger partial charge in [0.1, 0.15) is 11.5 Å². The van der Waals surface area contributed by atoms with Crippen molar-refractivity contribution >= 4 is 17.8 Å². The Kier molecular flexibility index (Phi) is 4.32. The molecule has 1 rings (SSSR count). The van der Waals surface area contributed by atoms with Gasteiger partial charge in [0, 0.05) is 19.5 Å². The molecule has 18 heavy (non-hydrogen) atoms. The summed E-state index contributed by atoms with van der Waals surface area (Å²) < 4.78 is 9.75. The Labute approximate surface area is 106 Å². The molecular formula is C12H19NO5. The second-order valence-corrected chi connectivity index (χ2v) is 5.22. The van der Waals surface area contributed by atoms with Crippen LogP contribution in [0.15, 0.2) is 0 Å². The van der Waals surface area contributed by atoms with Crippen molar-refractivity contribution in [2.45, 2.75) is 32.8 Å². The van der Waals surface area contributed by atoms with E-state index in [1.165, 1.54) is 12.0 Å². The first-order chi connectivity index (χ1) is 8.24. The molecule has 6 heteroatoms. The fraction of sp³-hybridized carbons (Fsp3) is 0.750. The van der Waals surface area contributed by atoms with E-state index in [1.54, 1.807) is 20.8 Å². The van der Waals surface area contributed by atoms with E-state index in [0.717, 1.165) is 0 Å². The maximum absolute atomic E-state index is 11.8.